The van der Waals surface area contributed by atoms with Crippen LogP contribution in [0.4, 0.5) is 15.8 Å². The minimum atomic E-state index is -3.70. The van der Waals surface area contributed by atoms with E-state index in [2.05, 4.69) is 36.9 Å². The maximum absolute atomic E-state index is 13.5. The first-order valence-corrected chi connectivity index (χ1v) is 14.5. The molecule has 1 heterocycles. The van der Waals surface area contributed by atoms with Gasteiger partial charge < -0.3 is 14.5 Å². The Labute approximate surface area is 224 Å². The normalized spacial score (nSPS) is 13.9. The molecule has 0 aromatic heterocycles. The standard InChI is InChI=1S/C29H34FN3O4S/c1-5-37-28-14-9-23(19-24(28)20-33(38(4,35)36)26-12-10-25(30)11-13-26)29(34)32-17-15-31(16-18-32)27-8-6-7-21(2)22(27)3/h6-14,19H,5,15-18,20H2,1-4H3. The van der Waals surface area contributed by atoms with E-state index in [-0.39, 0.29) is 12.5 Å². The van der Waals surface area contributed by atoms with E-state index in [4.69, 9.17) is 4.74 Å². The molecule has 0 bridgehead atoms. The van der Waals surface area contributed by atoms with Gasteiger partial charge in [0.05, 0.1) is 25.1 Å². The largest absolute Gasteiger partial charge is 0.494 e. The molecule has 0 saturated carbocycles. The van der Waals surface area contributed by atoms with Crippen LogP contribution in [0.2, 0.25) is 0 Å². The van der Waals surface area contributed by atoms with Crippen LogP contribution in [0.15, 0.2) is 60.7 Å². The van der Waals surface area contributed by atoms with Gasteiger partial charge >= 0.3 is 0 Å². The molecule has 0 N–H and O–H groups in total. The zero-order valence-electron chi connectivity index (χ0n) is 22.3. The number of hydrogen-bond acceptors (Lipinski definition) is 5. The van der Waals surface area contributed by atoms with Crippen molar-refractivity contribution >= 4 is 27.3 Å². The lowest BCUT2D eigenvalue weighted by Crippen LogP contribution is -2.49. The minimum Gasteiger partial charge on any atom is -0.494 e. The molecule has 38 heavy (non-hydrogen) atoms. The van der Waals surface area contributed by atoms with Gasteiger partial charge in [0.25, 0.3) is 5.91 Å². The first-order valence-electron chi connectivity index (χ1n) is 12.7. The van der Waals surface area contributed by atoms with Crippen LogP contribution in [-0.4, -0.2) is 58.3 Å². The molecule has 3 aromatic carbocycles. The van der Waals surface area contributed by atoms with Crippen LogP contribution in [0.5, 0.6) is 5.75 Å². The average molecular weight is 540 g/mol. The van der Waals surface area contributed by atoms with Crippen LogP contribution in [0, 0.1) is 19.7 Å². The minimum absolute atomic E-state index is 0.0542. The molecule has 0 unspecified atom stereocenters. The molecule has 0 radical (unpaired) electrons. The van der Waals surface area contributed by atoms with Crippen molar-refractivity contribution in [1.29, 1.82) is 0 Å². The van der Waals surface area contributed by atoms with Gasteiger partial charge in [-0.2, -0.15) is 0 Å². The van der Waals surface area contributed by atoms with Crippen molar-refractivity contribution in [3.8, 4) is 5.75 Å². The van der Waals surface area contributed by atoms with Gasteiger partial charge in [-0.3, -0.25) is 9.10 Å². The van der Waals surface area contributed by atoms with E-state index < -0.39 is 15.8 Å². The Morgan fingerprint density at radius 1 is 1.00 bits per heavy atom. The van der Waals surface area contributed by atoms with E-state index in [1.165, 1.54) is 45.4 Å². The fraction of sp³-hybridized carbons (Fsp3) is 0.345. The third-order valence-corrected chi connectivity index (χ3v) is 8.06. The molecule has 1 aliphatic rings. The highest BCUT2D eigenvalue weighted by Crippen LogP contribution is 2.28. The molecule has 1 amide bonds. The first kappa shape index (κ1) is 27.4. The molecule has 0 spiro atoms. The molecule has 4 rings (SSSR count). The molecule has 0 atom stereocenters. The summed E-state index contributed by atoms with van der Waals surface area (Å²) in [7, 11) is -3.70. The number of benzene rings is 3. The van der Waals surface area contributed by atoms with Gasteiger partial charge in [-0.05, 0) is 80.4 Å². The first-order chi connectivity index (χ1) is 18.1. The highest BCUT2D eigenvalue weighted by molar-refractivity contribution is 7.92. The van der Waals surface area contributed by atoms with Gasteiger partial charge in [-0.1, -0.05) is 12.1 Å². The maximum atomic E-state index is 13.5. The van der Waals surface area contributed by atoms with Crippen molar-refractivity contribution in [2.24, 2.45) is 0 Å². The van der Waals surface area contributed by atoms with Gasteiger partial charge in [-0.25, -0.2) is 12.8 Å². The Hall–Kier alpha value is -3.59. The van der Waals surface area contributed by atoms with Crippen LogP contribution in [0.25, 0.3) is 0 Å². The maximum Gasteiger partial charge on any atom is 0.253 e. The number of carbonyl (C=O) groups excluding carboxylic acids is 1. The van der Waals surface area contributed by atoms with Crippen molar-refractivity contribution < 1.29 is 22.3 Å². The quantitative estimate of drug-likeness (QED) is 0.413. The summed E-state index contributed by atoms with van der Waals surface area (Å²) in [4.78, 5) is 17.6. The summed E-state index contributed by atoms with van der Waals surface area (Å²) < 4.78 is 45.7. The van der Waals surface area contributed by atoms with E-state index >= 15 is 0 Å². The number of rotatable bonds is 8. The van der Waals surface area contributed by atoms with Crippen molar-refractivity contribution in [3.05, 3.63) is 88.7 Å². The summed E-state index contributed by atoms with van der Waals surface area (Å²) in [5.74, 6) is -0.0652. The molecule has 7 nitrogen and oxygen atoms in total. The monoisotopic (exact) mass is 539 g/mol. The van der Waals surface area contributed by atoms with Gasteiger partial charge in [0.15, 0.2) is 0 Å². The number of sulfonamides is 1. The fourth-order valence-corrected chi connectivity index (χ4v) is 5.58. The predicted octanol–water partition coefficient (Wildman–Crippen LogP) is 4.77. The number of hydrogen-bond donors (Lipinski definition) is 0. The van der Waals surface area contributed by atoms with Crippen molar-refractivity contribution in [1.82, 2.24) is 4.90 Å². The summed E-state index contributed by atoms with van der Waals surface area (Å²) in [5, 5.41) is 0. The number of nitrogens with zero attached hydrogens (tertiary/aromatic N) is 3. The summed E-state index contributed by atoms with van der Waals surface area (Å²) in [5.41, 5.74) is 5.04. The number of carbonyl (C=O) groups is 1. The van der Waals surface area contributed by atoms with E-state index in [0.717, 1.165) is 19.3 Å². The van der Waals surface area contributed by atoms with E-state index in [0.29, 0.717) is 42.3 Å². The summed E-state index contributed by atoms with van der Waals surface area (Å²) in [6.45, 7) is 9.01. The van der Waals surface area contributed by atoms with Crippen molar-refractivity contribution in [3.63, 3.8) is 0 Å². The van der Waals surface area contributed by atoms with E-state index in [9.17, 15) is 17.6 Å². The predicted molar refractivity (Wildman–Crippen MR) is 149 cm³/mol. The molecule has 202 valence electrons. The Kier molecular flexibility index (Phi) is 8.26. The number of piperazine rings is 1. The molecule has 9 heteroatoms. The number of aryl methyl sites for hydroxylation is 1. The average Bonchev–Trinajstić information content (AvgIpc) is 2.89. The van der Waals surface area contributed by atoms with Crippen LogP contribution in [-0.2, 0) is 16.6 Å². The summed E-state index contributed by atoms with van der Waals surface area (Å²) in [6.07, 6.45) is 1.10. The fourth-order valence-electron chi connectivity index (χ4n) is 4.71. The van der Waals surface area contributed by atoms with Crippen LogP contribution >= 0.6 is 0 Å². The third-order valence-electron chi connectivity index (χ3n) is 6.92. The number of halogens is 1. The molecule has 1 saturated heterocycles. The van der Waals surface area contributed by atoms with E-state index in [1.54, 1.807) is 18.2 Å². The molecule has 1 aliphatic heterocycles. The number of ether oxygens (including phenoxy) is 1. The molecule has 3 aromatic rings. The SMILES string of the molecule is CCOc1ccc(C(=O)N2CCN(c3cccc(C)c3C)CC2)cc1CN(c1ccc(F)cc1)S(C)(=O)=O. The second kappa shape index (κ2) is 11.4. The zero-order valence-corrected chi connectivity index (χ0v) is 23.1. The number of amides is 1. The molecular formula is C29H34FN3O4S. The zero-order chi connectivity index (χ0) is 27.4. The van der Waals surface area contributed by atoms with Crippen molar-refractivity contribution in [2.75, 3.05) is 48.2 Å². The summed E-state index contributed by atoms with van der Waals surface area (Å²) in [6, 6.07) is 16.7. The lowest BCUT2D eigenvalue weighted by atomic mass is 10.1. The van der Waals surface area contributed by atoms with Gasteiger partial charge in [0.1, 0.15) is 11.6 Å². The van der Waals surface area contributed by atoms with Crippen LogP contribution < -0.4 is 13.9 Å². The van der Waals surface area contributed by atoms with Crippen LogP contribution in [0.3, 0.4) is 0 Å². The third kappa shape index (κ3) is 6.10. The lowest BCUT2D eigenvalue weighted by Gasteiger charge is -2.37. The van der Waals surface area contributed by atoms with Crippen molar-refractivity contribution in [2.45, 2.75) is 27.3 Å². The molecule has 1 fully saturated rings. The van der Waals surface area contributed by atoms with Gasteiger partial charge in [0, 0.05) is 43.0 Å². The van der Waals surface area contributed by atoms with E-state index in [1.807, 2.05) is 11.8 Å². The Morgan fingerprint density at radius 3 is 2.32 bits per heavy atom. The number of anilines is 2. The second-order valence-electron chi connectivity index (χ2n) is 9.50. The van der Waals surface area contributed by atoms with Crippen LogP contribution in [0.1, 0.15) is 34.0 Å². The van der Waals surface area contributed by atoms with Gasteiger partial charge in [0.2, 0.25) is 10.0 Å². The lowest BCUT2D eigenvalue weighted by molar-refractivity contribution is 0.0746. The Bertz CT molecular complexity index is 1400. The second-order valence-corrected chi connectivity index (χ2v) is 11.4. The highest BCUT2D eigenvalue weighted by atomic mass is 32.2. The molecular weight excluding hydrogens is 505 g/mol. The van der Waals surface area contributed by atoms with Gasteiger partial charge in [-0.15, -0.1) is 0 Å². The summed E-state index contributed by atoms with van der Waals surface area (Å²) >= 11 is 0. The smallest absolute Gasteiger partial charge is 0.253 e. The highest BCUT2D eigenvalue weighted by Gasteiger charge is 2.25. The molecule has 0 aliphatic carbocycles. The Balaban J connectivity index is 1.56. The topological polar surface area (TPSA) is 70.2 Å². The Morgan fingerprint density at radius 2 is 1.68 bits per heavy atom.